The molecule has 4 rings (SSSR count). The summed E-state index contributed by atoms with van der Waals surface area (Å²) in [6.07, 6.45) is 0. The predicted octanol–water partition coefficient (Wildman–Crippen LogP) is 5.71. The zero-order chi connectivity index (χ0) is 27.8. The number of aliphatic hydroxyl groups is 1. The van der Waals surface area contributed by atoms with Gasteiger partial charge in [-0.1, -0.05) is 62.7 Å². The third-order valence-electron chi connectivity index (χ3n) is 6.69. The van der Waals surface area contributed by atoms with Crippen LogP contribution in [0.5, 0.6) is 5.75 Å². The number of rotatable bonds is 5. The number of methoxy groups -OCH3 is 2. The van der Waals surface area contributed by atoms with E-state index < -0.39 is 23.7 Å². The molecule has 0 bridgehead atoms. The Morgan fingerprint density at radius 2 is 1.63 bits per heavy atom. The molecule has 0 spiro atoms. The fraction of sp³-hybridized carbons (Fsp3) is 0.258. The van der Waals surface area contributed by atoms with Gasteiger partial charge < -0.3 is 14.6 Å². The van der Waals surface area contributed by atoms with Crippen molar-refractivity contribution in [2.75, 3.05) is 19.1 Å². The molecule has 1 N–H and O–H groups in total. The SMILES string of the molecule is COC(=O)c1cccc(N2C(=O)C(=O)/C(=C(/O)c3cc(C)ccc3OC)C2c2ccc(C(C)(C)C)cc2)c1. The van der Waals surface area contributed by atoms with E-state index in [0.717, 1.165) is 11.1 Å². The van der Waals surface area contributed by atoms with Crippen LogP contribution >= 0.6 is 0 Å². The van der Waals surface area contributed by atoms with Crippen molar-refractivity contribution < 1.29 is 29.0 Å². The van der Waals surface area contributed by atoms with Gasteiger partial charge in [0.05, 0.1) is 37.0 Å². The Hall–Kier alpha value is -4.39. The summed E-state index contributed by atoms with van der Waals surface area (Å²) >= 11 is 0. The first-order valence-corrected chi connectivity index (χ1v) is 12.2. The molecule has 1 saturated heterocycles. The van der Waals surface area contributed by atoms with Gasteiger partial charge in [-0.25, -0.2) is 4.79 Å². The lowest BCUT2D eigenvalue weighted by atomic mass is 9.85. The Bertz CT molecular complexity index is 1450. The van der Waals surface area contributed by atoms with Crippen molar-refractivity contribution in [3.8, 4) is 5.75 Å². The number of ketones is 1. The molecule has 1 aliphatic rings. The van der Waals surface area contributed by atoms with Gasteiger partial charge in [0.25, 0.3) is 11.7 Å². The molecule has 0 saturated carbocycles. The molecule has 0 aromatic heterocycles. The summed E-state index contributed by atoms with van der Waals surface area (Å²) in [5, 5.41) is 11.5. The van der Waals surface area contributed by atoms with Crippen molar-refractivity contribution in [1.29, 1.82) is 0 Å². The second-order valence-electron chi connectivity index (χ2n) is 10.3. The average Bonchev–Trinajstić information content (AvgIpc) is 3.17. The van der Waals surface area contributed by atoms with Crippen molar-refractivity contribution >= 4 is 29.1 Å². The van der Waals surface area contributed by atoms with Crippen molar-refractivity contribution in [2.45, 2.75) is 39.2 Å². The number of carbonyl (C=O) groups excluding carboxylic acids is 3. The number of nitrogens with zero attached hydrogens (tertiary/aromatic N) is 1. The second kappa shape index (κ2) is 10.2. The number of anilines is 1. The van der Waals surface area contributed by atoms with Gasteiger partial charge in [-0.3, -0.25) is 14.5 Å². The molecule has 0 aliphatic carbocycles. The number of Topliss-reactive ketones (excluding diaryl/α,β-unsaturated/α-hetero) is 1. The number of aryl methyl sites for hydroxylation is 1. The van der Waals surface area contributed by atoms with Gasteiger partial charge in [-0.05, 0) is 53.8 Å². The Morgan fingerprint density at radius 3 is 2.24 bits per heavy atom. The highest BCUT2D eigenvalue weighted by molar-refractivity contribution is 6.51. The van der Waals surface area contributed by atoms with E-state index in [1.807, 2.05) is 37.3 Å². The second-order valence-corrected chi connectivity index (χ2v) is 10.3. The van der Waals surface area contributed by atoms with Crippen LogP contribution in [0, 0.1) is 6.92 Å². The Balaban J connectivity index is 1.98. The number of ether oxygens (including phenoxy) is 2. The monoisotopic (exact) mass is 513 g/mol. The van der Waals surface area contributed by atoms with E-state index in [-0.39, 0.29) is 22.3 Å². The van der Waals surface area contributed by atoms with Gasteiger partial charge in [0.15, 0.2) is 0 Å². The fourth-order valence-corrected chi connectivity index (χ4v) is 4.63. The molecule has 38 heavy (non-hydrogen) atoms. The molecule has 0 radical (unpaired) electrons. The number of hydrogen-bond acceptors (Lipinski definition) is 6. The lowest BCUT2D eigenvalue weighted by Gasteiger charge is -2.27. The van der Waals surface area contributed by atoms with E-state index in [1.165, 1.54) is 25.2 Å². The Kier molecular flexibility index (Phi) is 7.14. The standard InChI is InChI=1S/C31H31NO6/c1-18-10-15-24(37-5)23(16-18)27(33)25-26(19-11-13-21(14-12-19)31(2,3)4)32(29(35)28(25)34)22-9-7-8-20(17-22)30(36)38-6/h7-17,26,33H,1-6H3/b27-25+. The maximum absolute atomic E-state index is 13.5. The number of aliphatic hydroxyl groups excluding tert-OH is 1. The summed E-state index contributed by atoms with van der Waals surface area (Å²) in [7, 11) is 2.74. The van der Waals surface area contributed by atoms with Crippen LogP contribution in [0.25, 0.3) is 5.76 Å². The summed E-state index contributed by atoms with van der Waals surface area (Å²) in [5.41, 5.74) is 3.25. The van der Waals surface area contributed by atoms with Crippen molar-refractivity contribution in [3.63, 3.8) is 0 Å². The summed E-state index contributed by atoms with van der Waals surface area (Å²) in [5.74, 6) is -2.18. The van der Waals surface area contributed by atoms with Crippen LogP contribution in [-0.2, 0) is 19.7 Å². The third kappa shape index (κ3) is 4.79. The molecule has 1 heterocycles. The molecular formula is C31H31NO6. The molecule has 3 aromatic rings. The highest BCUT2D eigenvalue weighted by atomic mass is 16.5. The number of hydrogen-bond donors (Lipinski definition) is 1. The van der Waals surface area contributed by atoms with E-state index in [2.05, 4.69) is 20.8 Å². The van der Waals surface area contributed by atoms with Crippen LogP contribution in [0.1, 0.15) is 59.4 Å². The van der Waals surface area contributed by atoms with Crippen molar-refractivity contribution in [3.05, 3.63) is 100 Å². The molecule has 3 aromatic carbocycles. The maximum atomic E-state index is 13.5. The minimum absolute atomic E-state index is 0.0640. The van der Waals surface area contributed by atoms with Gasteiger partial charge in [0.1, 0.15) is 11.5 Å². The molecule has 1 aliphatic heterocycles. The van der Waals surface area contributed by atoms with Gasteiger partial charge >= 0.3 is 5.97 Å². The average molecular weight is 514 g/mol. The summed E-state index contributed by atoms with van der Waals surface area (Å²) in [6, 6.07) is 18.2. The lowest BCUT2D eigenvalue weighted by molar-refractivity contribution is -0.132. The zero-order valence-electron chi connectivity index (χ0n) is 22.4. The van der Waals surface area contributed by atoms with E-state index in [9.17, 15) is 19.5 Å². The highest BCUT2D eigenvalue weighted by Crippen LogP contribution is 2.44. The predicted molar refractivity (Wildman–Crippen MR) is 145 cm³/mol. The lowest BCUT2D eigenvalue weighted by Crippen LogP contribution is -2.29. The summed E-state index contributed by atoms with van der Waals surface area (Å²) in [6.45, 7) is 8.14. The van der Waals surface area contributed by atoms with Crippen LogP contribution in [0.3, 0.4) is 0 Å². The van der Waals surface area contributed by atoms with Crippen molar-refractivity contribution in [2.24, 2.45) is 0 Å². The van der Waals surface area contributed by atoms with Crippen LogP contribution < -0.4 is 9.64 Å². The molecule has 1 fully saturated rings. The first kappa shape index (κ1) is 26.7. The van der Waals surface area contributed by atoms with Crippen LogP contribution in [0.2, 0.25) is 0 Å². The number of esters is 1. The smallest absolute Gasteiger partial charge is 0.337 e. The largest absolute Gasteiger partial charge is 0.507 e. The number of benzene rings is 3. The normalized spacial score (nSPS) is 17.0. The van der Waals surface area contributed by atoms with Gasteiger partial charge in [0, 0.05) is 5.69 Å². The molecule has 7 heteroatoms. The summed E-state index contributed by atoms with van der Waals surface area (Å²) in [4.78, 5) is 40.6. The van der Waals surface area contributed by atoms with E-state index >= 15 is 0 Å². The van der Waals surface area contributed by atoms with E-state index in [4.69, 9.17) is 9.47 Å². The van der Waals surface area contributed by atoms with E-state index in [1.54, 1.807) is 30.3 Å². The Morgan fingerprint density at radius 1 is 0.947 bits per heavy atom. The maximum Gasteiger partial charge on any atom is 0.337 e. The molecule has 1 amide bonds. The zero-order valence-corrected chi connectivity index (χ0v) is 22.4. The highest BCUT2D eigenvalue weighted by Gasteiger charge is 2.47. The molecule has 1 atom stereocenters. The van der Waals surface area contributed by atoms with Crippen LogP contribution in [0.4, 0.5) is 5.69 Å². The van der Waals surface area contributed by atoms with Gasteiger partial charge in [0.2, 0.25) is 0 Å². The first-order chi connectivity index (χ1) is 18.0. The van der Waals surface area contributed by atoms with Crippen LogP contribution in [0.15, 0.2) is 72.3 Å². The third-order valence-corrected chi connectivity index (χ3v) is 6.69. The molecule has 1 unspecified atom stereocenters. The number of amides is 1. The molecule has 196 valence electrons. The Labute approximate surface area is 222 Å². The fourth-order valence-electron chi connectivity index (χ4n) is 4.63. The summed E-state index contributed by atoms with van der Waals surface area (Å²) < 4.78 is 10.3. The van der Waals surface area contributed by atoms with E-state index in [0.29, 0.717) is 22.6 Å². The first-order valence-electron chi connectivity index (χ1n) is 12.2. The van der Waals surface area contributed by atoms with Gasteiger partial charge in [-0.15, -0.1) is 0 Å². The minimum Gasteiger partial charge on any atom is -0.507 e. The van der Waals surface area contributed by atoms with Gasteiger partial charge in [-0.2, -0.15) is 0 Å². The topological polar surface area (TPSA) is 93.1 Å². The van der Waals surface area contributed by atoms with Crippen LogP contribution in [-0.4, -0.2) is 37.0 Å². The minimum atomic E-state index is -0.942. The molecular weight excluding hydrogens is 482 g/mol. The molecule has 7 nitrogen and oxygen atoms in total. The van der Waals surface area contributed by atoms with Crippen molar-refractivity contribution in [1.82, 2.24) is 0 Å². The quantitative estimate of drug-likeness (QED) is 0.203. The number of carbonyl (C=O) groups is 3.